The Morgan fingerprint density at radius 1 is 1.15 bits per heavy atom. The van der Waals surface area contributed by atoms with E-state index in [1.165, 1.54) is 0 Å². The van der Waals surface area contributed by atoms with Gasteiger partial charge in [0.15, 0.2) is 5.69 Å². The molecule has 1 aromatic carbocycles. The highest BCUT2D eigenvalue weighted by Gasteiger charge is 2.20. The summed E-state index contributed by atoms with van der Waals surface area (Å²) >= 11 is 3.55. The molecule has 136 valence electrons. The van der Waals surface area contributed by atoms with Crippen molar-refractivity contribution in [2.75, 3.05) is 13.1 Å². The number of aryl methyl sites for hydroxylation is 1. The Labute approximate surface area is 160 Å². The quantitative estimate of drug-likeness (QED) is 0.630. The van der Waals surface area contributed by atoms with Crippen LogP contribution in [0.4, 0.5) is 0 Å². The van der Waals surface area contributed by atoms with E-state index in [9.17, 15) is 4.79 Å². The average molecular weight is 418 g/mol. The van der Waals surface area contributed by atoms with Crippen LogP contribution in [0.25, 0.3) is 17.3 Å². The molecule has 0 saturated heterocycles. The lowest BCUT2D eigenvalue weighted by Crippen LogP contribution is -2.30. The molecule has 0 aliphatic carbocycles. The smallest absolute Gasteiger partial charge is 0.269 e. The Bertz CT molecular complexity index is 926. The second-order valence-corrected chi connectivity index (χ2v) is 6.60. The summed E-state index contributed by atoms with van der Waals surface area (Å²) in [5.41, 5.74) is 3.00. The van der Waals surface area contributed by atoms with Gasteiger partial charge >= 0.3 is 0 Å². The molecule has 0 radical (unpaired) electrons. The Kier molecular flexibility index (Phi) is 5.22. The SMILES string of the molecule is CCN(CC)C(=O)c1ccc(-n2nc(-c3nnc(C)o3)c(Br)c2C)cc1. The summed E-state index contributed by atoms with van der Waals surface area (Å²) in [6, 6.07) is 7.40. The number of rotatable bonds is 5. The molecule has 0 unspecified atom stereocenters. The number of amides is 1. The van der Waals surface area contributed by atoms with E-state index in [2.05, 4.69) is 31.2 Å². The van der Waals surface area contributed by atoms with Gasteiger partial charge in [0.1, 0.15) is 0 Å². The van der Waals surface area contributed by atoms with Crippen molar-refractivity contribution < 1.29 is 9.21 Å². The molecular formula is C18H20BrN5O2. The van der Waals surface area contributed by atoms with Crippen LogP contribution < -0.4 is 0 Å². The Hall–Kier alpha value is -2.48. The molecule has 0 saturated carbocycles. The highest BCUT2D eigenvalue weighted by atomic mass is 79.9. The summed E-state index contributed by atoms with van der Waals surface area (Å²) in [4.78, 5) is 14.2. The lowest BCUT2D eigenvalue weighted by molar-refractivity contribution is 0.0773. The minimum absolute atomic E-state index is 0.0296. The molecule has 0 aliphatic rings. The van der Waals surface area contributed by atoms with E-state index in [0.29, 0.717) is 36.1 Å². The van der Waals surface area contributed by atoms with Crippen molar-refractivity contribution in [3.63, 3.8) is 0 Å². The van der Waals surface area contributed by atoms with Gasteiger partial charge in [-0.1, -0.05) is 0 Å². The second-order valence-electron chi connectivity index (χ2n) is 5.81. The van der Waals surface area contributed by atoms with Crippen molar-refractivity contribution in [2.45, 2.75) is 27.7 Å². The minimum Gasteiger partial charge on any atom is -0.420 e. The maximum absolute atomic E-state index is 12.4. The molecular weight excluding hydrogens is 398 g/mol. The zero-order valence-electron chi connectivity index (χ0n) is 15.2. The lowest BCUT2D eigenvalue weighted by atomic mass is 10.1. The normalized spacial score (nSPS) is 11.0. The van der Waals surface area contributed by atoms with E-state index < -0.39 is 0 Å². The Morgan fingerprint density at radius 3 is 2.35 bits per heavy atom. The zero-order valence-corrected chi connectivity index (χ0v) is 16.7. The van der Waals surface area contributed by atoms with Gasteiger partial charge in [-0.15, -0.1) is 10.2 Å². The third-order valence-electron chi connectivity index (χ3n) is 4.18. The fourth-order valence-electron chi connectivity index (χ4n) is 2.70. The molecule has 0 fully saturated rings. The fraction of sp³-hybridized carbons (Fsp3) is 0.333. The van der Waals surface area contributed by atoms with Crippen LogP contribution >= 0.6 is 15.9 Å². The third kappa shape index (κ3) is 3.29. The summed E-state index contributed by atoms with van der Waals surface area (Å²) in [6.07, 6.45) is 0. The van der Waals surface area contributed by atoms with Crippen molar-refractivity contribution in [1.82, 2.24) is 24.9 Å². The lowest BCUT2D eigenvalue weighted by Gasteiger charge is -2.18. The second kappa shape index (κ2) is 7.41. The predicted octanol–water partition coefficient (Wildman–Crippen LogP) is 3.78. The van der Waals surface area contributed by atoms with Gasteiger partial charge in [-0.25, -0.2) is 4.68 Å². The molecule has 3 rings (SSSR count). The van der Waals surface area contributed by atoms with Crippen LogP contribution in [0.5, 0.6) is 0 Å². The van der Waals surface area contributed by atoms with Crippen molar-refractivity contribution in [3.8, 4) is 17.3 Å². The minimum atomic E-state index is 0.0296. The first kappa shape index (κ1) is 18.3. The van der Waals surface area contributed by atoms with Gasteiger partial charge in [0, 0.05) is 25.6 Å². The summed E-state index contributed by atoms with van der Waals surface area (Å²) < 4.78 is 8.06. The highest BCUT2D eigenvalue weighted by Crippen LogP contribution is 2.30. The molecule has 0 N–H and O–H groups in total. The summed E-state index contributed by atoms with van der Waals surface area (Å²) in [7, 11) is 0. The molecule has 7 nitrogen and oxygen atoms in total. The van der Waals surface area contributed by atoms with Gasteiger partial charge < -0.3 is 9.32 Å². The number of carbonyl (C=O) groups is 1. The highest BCUT2D eigenvalue weighted by molar-refractivity contribution is 9.10. The van der Waals surface area contributed by atoms with Crippen LogP contribution in [0, 0.1) is 13.8 Å². The van der Waals surface area contributed by atoms with Gasteiger partial charge in [-0.2, -0.15) is 5.10 Å². The predicted molar refractivity (Wildman–Crippen MR) is 101 cm³/mol. The molecule has 0 aliphatic heterocycles. The number of carbonyl (C=O) groups excluding carboxylic acids is 1. The molecule has 26 heavy (non-hydrogen) atoms. The maximum atomic E-state index is 12.4. The molecule has 2 heterocycles. The van der Waals surface area contributed by atoms with Gasteiger partial charge in [-0.3, -0.25) is 4.79 Å². The first-order chi connectivity index (χ1) is 12.5. The first-order valence-corrected chi connectivity index (χ1v) is 9.20. The molecule has 1 amide bonds. The van der Waals surface area contributed by atoms with E-state index >= 15 is 0 Å². The van der Waals surface area contributed by atoms with Crippen molar-refractivity contribution >= 4 is 21.8 Å². The molecule has 0 bridgehead atoms. The van der Waals surface area contributed by atoms with Crippen LogP contribution in [-0.4, -0.2) is 43.9 Å². The Balaban J connectivity index is 1.94. The van der Waals surface area contributed by atoms with E-state index in [0.717, 1.165) is 15.9 Å². The molecule has 3 aromatic rings. The van der Waals surface area contributed by atoms with Crippen molar-refractivity contribution in [3.05, 3.63) is 45.9 Å². The zero-order chi connectivity index (χ0) is 18.8. The van der Waals surface area contributed by atoms with Crippen LogP contribution in [0.15, 0.2) is 33.2 Å². The summed E-state index contributed by atoms with van der Waals surface area (Å²) in [5.74, 6) is 0.880. The largest absolute Gasteiger partial charge is 0.420 e. The number of hydrogen-bond donors (Lipinski definition) is 0. The van der Waals surface area contributed by atoms with E-state index in [-0.39, 0.29) is 5.91 Å². The molecule has 2 aromatic heterocycles. The standard InChI is InChI=1S/C18H20BrN5O2/c1-5-23(6-2)18(25)13-7-9-14(10-8-13)24-11(3)15(19)16(22-24)17-21-20-12(4)26-17/h7-10H,5-6H2,1-4H3. The van der Waals surface area contributed by atoms with Crippen LogP contribution in [0.3, 0.4) is 0 Å². The number of aromatic nitrogens is 4. The number of hydrogen-bond acceptors (Lipinski definition) is 5. The van der Waals surface area contributed by atoms with Gasteiger partial charge in [0.25, 0.3) is 11.8 Å². The summed E-state index contributed by atoms with van der Waals surface area (Å²) in [5, 5.41) is 12.5. The van der Waals surface area contributed by atoms with E-state index in [4.69, 9.17) is 4.42 Å². The fourth-order valence-corrected chi connectivity index (χ4v) is 3.12. The van der Waals surface area contributed by atoms with Crippen molar-refractivity contribution in [1.29, 1.82) is 0 Å². The van der Waals surface area contributed by atoms with E-state index in [1.54, 1.807) is 16.5 Å². The molecule has 8 heteroatoms. The molecule has 0 spiro atoms. The molecule has 0 atom stereocenters. The van der Waals surface area contributed by atoms with Gasteiger partial charge in [0.2, 0.25) is 5.89 Å². The monoisotopic (exact) mass is 417 g/mol. The van der Waals surface area contributed by atoms with Gasteiger partial charge in [0.05, 0.1) is 15.9 Å². The Morgan fingerprint density at radius 2 is 1.81 bits per heavy atom. The van der Waals surface area contributed by atoms with Crippen LogP contribution in [0.2, 0.25) is 0 Å². The average Bonchev–Trinajstić information content (AvgIpc) is 3.20. The number of nitrogens with zero attached hydrogens (tertiary/aromatic N) is 5. The number of halogens is 1. The van der Waals surface area contributed by atoms with Crippen molar-refractivity contribution in [2.24, 2.45) is 0 Å². The maximum Gasteiger partial charge on any atom is 0.269 e. The third-order valence-corrected chi connectivity index (χ3v) is 5.13. The first-order valence-electron chi connectivity index (χ1n) is 8.41. The summed E-state index contributed by atoms with van der Waals surface area (Å²) in [6.45, 7) is 9.01. The van der Waals surface area contributed by atoms with Crippen LogP contribution in [-0.2, 0) is 0 Å². The number of benzene rings is 1. The van der Waals surface area contributed by atoms with Gasteiger partial charge in [-0.05, 0) is 61.0 Å². The van der Waals surface area contributed by atoms with Crippen LogP contribution in [0.1, 0.15) is 35.8 Å². The van der Waals surface area contributed by atoms with E-state index in [1.807, 2.05) is 45.0 Å². The topological polar surface area (TPSA) is 77.1 Å².